The third-order valence-corrected chi connectivity index (χ3v) is 4.81. The fourth-order valence-corrected chi connectivity index (χ4v) is 3.09. The number of aliphatic carboxylic acids is 1. The number of nitrogens with zero attached hydrogens (tertiary/aromatic N) is 2. The number of carboxylic acid groups (broad SMARTS) is 1. The van der Waals surface area contributed by atoms with Crippen LogP contribution in [0.25, 0.3) is 5.57 Å². The number of ether oxygens (including phenoxy) is 1. The van der Waals surface area contributed by atoms with E-state index in [4.69, 9.17) is 9.84 Å². The molecule has 5 heteroatoms. The molecule has 1 heterocycles. The second-order valence-electron chi connectivity index (χ2n) is 7.45. The number of benzene rings is 1. The predicted molar refractivity (Wildman–Crippen MR) is 117 cm³/mol. The van der Waals surface area contributed by atoms with Gasteiger partial charge in [0.15, 0.2) is 5.71 Å². The summed E-state index contributed by atoms with van der Waals surface area (Å²) in [6, 6.07) is 8.29. The highest BCUT2D eigenvalue weighted by Crippen LogP contribution is 2.32. The molecule has 0 saturated carbocycles. The van der Waals surface area contributed by atoms with E-state index in [1.807, 2.05) is 69.2 Å². The molecular formula is C24H27N2O3+. The zero-order valence-corrected chi connectivity index (χ0v) is 17.3. The van der Waals surface area contributed by atoms with Gasteiger partial charge in [-0.3, -0.25) is 4.79 Å². The van der Waals surface area contributed by atoms with Crippen molar-refractivity contribution < 1.29 is 19.2 Å². The number of carboxylic acids is 1. The Labute approximate surface area is 171 Å². The van der Waals surface area contributed by atoms with Crippen LogP contribution in [0.15, 0.2) is 77.8 Å². The molecule has 0 amide bonds. The van der Waals surface area contributed by atoms with Crippen LogP contribution in [0, 0.1) is 0 Å². The molecule has 0 fully saturated rings. The molecule has 1 aliphatic carbocycles. The number of hydrogen-bond acceptors (Lipinski definition) is 3. The lowest BCUT2D eigenvalue weighted by atomic mass is 9.98. The highest BCUT2D eigenvalue weighted by Gasteiger charge is 2.17. The molecule has 150 valence electrons. The third-order valence-electron chi connectivity index (χ3n) is 4.81. The molecule has 1 aliphatic heterocycles. The molecule has 0 unspecified atom stereocenters. The maximum atomic E-state index is 11.0. The van der Waals surface area contributed by atoms with E-state index in [2.05, 4.69) is 29.2 Å². The van der Waals surface area contributed by atoms with Crippen molar-refractivity contribution in [1.82, 2.24) is 0 Å². The number of hydrogen-bond donors (Lipinski definition) is 1. The third kappa shape index (κ3) is 5.13. The minimum atomic E-state index is -0.835. The number of allylic oxidation sites excluding steroid dienone is 9. The molecule has 1 N–H and O–H groups in total. The molecule has 0 spiro atoms. The second kappa shape index (κ2) is 8.78. The van der Waals surface area contributed by atoms with Gasteiger partial charge in [-0.1, -0.05) is 12.1 Å². The fourth-order valence-electron chi connectivity index (χ4n) is 3.09. The van der Waals surface area contributed by atoms with Crippen LogP contribution >= 0.6 is 0 Å². The summed E-state index contributed by atoms with van der Waals surface area (Å²) < 4.78 is 8.10. The maximum absolute atomic E-state index is 11.0. The van der Waals surface area contributed by atoms with E-state index in [-0.39, 0.29) is 6.42 Å². The Balaban J connectivity index is 1.98. The largest absolute Gasteiger partial charge is 0.481 e. The van der Waals surface area contributed by atoms with Crippen molar-refractivity contribution in [2.75, 3.05) is 33.1 Å². The van der Waals surface area contributed by atoms with Crippen molar-refractivity contribution in [3.63, 3.8) is 0 Å². The summed E-state index contributed by atoms with van der Waals surface area (Å²) in [6.07, 6.45) is 12.5. The van der Waals surface area contributed by atoms with Gasteiger partial charge in [0.2, 0.25) is 0 Å². The Morgan fingerprint density at radius 1 is 1.03 bits per heavy atom. The molecule has 1 aromatic carbocycles. The molecule has 0 radical (unpaired) electrons. The van der Waals surface area contributed by atoms with Crippen LogP contribution in [0.4, 0.5) is 5.69 Å². The second-order valence-corrected chi connectivity index (χ2v) is 7.45. The molecule has 5 nitrogen and oxygen atoms in total. The van der Waals surface area contributed by atoms with Crippen LogP contribution in [0.5, 0.6) is 0 Å². The highest BCUT2D eigenvalue weighted by atomic mass is 16.5. The average molecular weight is 391 g/mol. The van der Waals surface area contributed by atoms with Crippen LogP contribution in [0.1, 0.15) is 18.4 Å². The molecule has 0 atom stereocenters. The number of carbonyl (C=O) groups is 1. The summed E-state index contributed by atoms with van der Waals surface area (Å²) >= 11 is 0. The lowest BCUT2D eigenvalue weighted by Gasteiger charge is -2.20. The molecule has 3 rings (SSSR count). The van der Waals surface area contributed by atoms with E-state index in [0.717, 1.165) is 33.9 Å². The van der Waals surface area contributed by atoms with Crippen molar-refractivity contribution in [2.24, 2.45) is 0 Å². The smallest absolute Gasteiger partial charge is 0.303 e. The van der Waals surface area contributed by atoms with Gasteiger partial charge >= 0.3 is 5.97 Å². The van der Waals surface area contributed by atoms with Gasteiger partial charge in [0.05, 0.1) is 6.42 Å². The first-order chi connectivity index (χ1) is 13.8. The lowest BCUT2D eigenvalue weighted by molar-refractivity contribution is -0.462. The Morgan fingerprint density at radius 2 is 1.69 bits per heavy atom. The van der Waals surface area contributed by atoms with Gasteiger partial charge in [0.1, 0.15) is 25.6 Å². The van der Waals surface area contributed by atoms with Crippen LogP contribution in [0.2, 0.25) is 0 Å². The molecule has 2 aliphatic rings. The van der Waals surface area contributed by atoms with Crippen molar-refractivity contribution in [1.29, 1.82) is 0 Å². The summed E-state index contributed by atoms with van der Waals surface area (Å²) in [5.41, 5.74) is 5.26. The minimum Gasteiger partial charge on any atom is -0.481 e. The number of anilines is 1. The van der Waals surface area contributed by atoms with Crippen molar-refractivity contribution in [3.8, 4) is 0 Å². The van der Waals surface area contributed by atoms with Gasteiger partial charge in [-0.15, -0.1) is 0 Å². The van der Waals surface area contributed by atoms with Crippen molar-refractivity contribution >= 4 is 22.9 Å². The first-order valence-electron chi connectivity index (χ1n) is 9.58. The first-order valence-corrected chi connectivity index (χ1v) is 9.58. The van der Waals surface area contributed by atoms with E-state index in [0.29, 0.717) is 12.2 Å². The topological polar surface area (TPSA) is 52.8 Å². The molecular weight excluding hydrogens is 364 g/mol. The summed E-state index contributed by atoms with van der Waals surface area (Å²) in [5.74, 6) is 0.552. The summed E-state index contributed by atoms with van der Waals surface area (Å²) in [7, 11) is 8.02. The Bertz CT molecular complexity index is 965. The quantitative estimate of drug-likeness (QED) is 0.771. The Kier molecular flexibility index (Phi) is 6.17. The van der Waals surface area contributed by atoms with Crippen LogP contribution < -0.4 is 4.90 Å². The average Bonchev–Trinajstić information content (AvgIpc) is 2.72. The standard InChI is InChI=1S/C24H26N2O3/c1-25(2)20-9-5-17(6-10-20)19-15-22(13-14-24(27)28)29-23(16-19)18-7-11-21(12-8-18)26(3)4/h5-12,15-16H,13-14H2,1-4H3/p+1. The van der Waals surface area contributed by atoms with Crippen molar-refractivity contribution in [3.05, 3.63) is 83.4 Å². The van der Waals surface area contributed by atoms with Crippen LogP contribution in [-0.2, 0) is 9.53 Å². The Morgan fingerprint density at radius 3 is 2.24 bits per heavy atom. The van der Waals surface area contributed by atoms with Gasteiger partial charge in [0.25, 0.3) is 0 Å². The minimum absolute atomic E-state index is 0.0333. The van der Waals surface area contributed by atoms with E-state index in [1.54, 1.807) is 0 Å². The van der Waals surface area contributed by atoms with E-state index < -0.39 is 5.97 Å². The van der Waals surface area contributed by atoms with E-state index in [1.165, 1.54) is 0 Å². The van der Waals surface area contributed by atoms with E-state index in [9.17, 15) is 4.79 Å². The van der Waals surface area contributed by atoms with Crippen molar-refractivity contribution in [2.45, 2.75) is 12.8 Å². The van der Waals surface area contributed by atoms with Gasteiger partial charge in [-0.05, 0) is 47.6 Å². The zero-order valence-electron chi connectivity index (χ0n) is 17.3. The summed E-state index contributed by atoms with van der Waals surface area (Å²) in [5, 5.41) is 9.06. The highest BCUT2D eigenvalue weighted by molar-refractivity contribution is 6.02. The first kappa shape index (κ1) is 20.4. The number of rotatable bonds is 5. The normalized spacial score (nSPS) is 15.7. The molecule has 0 aromatic heterocycles. The maximum Gasteiger partial charge on any atom is 0.303 e. The van der Waals surface area contributed by atoms with Gasteiger partial charge in [-0.25, -0.2) is 4.58 Å². The SMILES string of the molecule is CN(C)c1ccc(C2=CC(=C3C=CC(=[N+](C)C)C=C3)OC(CCC(=O)O)=C2)cc1. The molecule has 0 saturated heterocycles. The zero-order chi connectivity index (χ0) is 21.0. The summed E-state index contributed by atoms with van der Waals surface area (Å²) in [4.78, 5) is 13.1. The van der Waals surface area contributed by atoms with Gasteiger partial charge in [0, 0.05) is 43.9 Å². The fraction of sp³-hybridized carbons (Fsp3) is 0.250. The monoisotopic (exact) mass is 391 g/mol. The lowest BCUT2D eigenvalue weighted by Crippen LogP contribution is -2.11. The molecule has 29 heavy (non-hydrogen) atoms. The van der Waals surface area contributed by atoms with Crippen LogP contribution in [-0.4, -0.2) is 49.6 Å². The van der Waals surface area contributed by atoms with Gasteiger partial charge in [-0.2, -0.15) is 0 Å². The van der Waals surface area contributed by atoms with E-state index >= 15 is 0 Å². The van der Waals surface area contributed by atoms with Crippen LogP contribution in [0.3, 0.4) is 0 Å². The molecule has 1 aromatic rings. The molecule has 0 bridgehead atoms. The summed E-state index contributed by atoms with van der Waals surface area (Å²) in [6.45, 7) is 0. The van der Waals surface area contributed by atoms with Gasteiger partial charge < -0.3 is 14.7 Å². The Hall–Kier alpha value is -3.34. The predicted octanol–water partition coefficient (Wildman–Crippen LogP) is 4.01.